The molecule has 0 fully saturated rings. The zero-order valence-electron chi connectivity index (χ0n) is 8.53. The van der Waals surface area contributed by atoms with Crippen molar-refractivity contribution in [3.8, 4) is 0 Å². The van der Waals surface area contributed by atoms with Gasteiger partial charge in [-0.15, -0.1) is 10.2 Å². The van der Waals surface area contributed by atoms with Crippen molar-refractivity contribution < 1.29 is 9.90 Å². The monoisotopic (exact) mass is 197 g/mol. The van der Waals surface area contributed by atoms with Crippen molar-refractivity contribution >= 4 is 5.97 Å². The van der Waals surface area contributed by atoms with Crippen molar-refractivity contribution in [2.75, 3.05) is 0 Å². The molecule has 1 heterocycles. The van der Waals surface area contributed by atoms with Gasteiger partial charge in [0, 0.05) is 19.4 Å². The number of carboxylic acids is 1. The van der Waals surface area contributed by atoms with Crippen molar-refractivity contribution in [3.63, 3.8) is 0 Å². The van der Waals surface area contributed by atoms with Crippen LogP contribution >= 0.6 is 0 Å². The van der Waals surface area contributed by atoms with Crippen molar-refractivity contribution in [3.05, 3.63) is 11.6 Å². The van der Waals surface area contributed by atoms with E-state index in [9.17, 15) is 4.79 Å². The minimum Gasteiger partial charge on any atom is -0.481 e. The van der Waals surface area contributed by atoms with Crippen molar-refractivity contribution in [2.45, 2.75) is 39.7 Å². The summed E-state index contributed by atoms with van der Waals surface area (Å²) in [5.41, 5.74) is 0. The van der Waals surface area contributed by atoms with Crippen LogP contribution in [0.1, 0.15) is 31.4 Å². The molecule has 0 spiro atoms. The van der Waals surface area contributed by atoms with Gasteiger partial charge in [-0.3, -0.25) is 4.79 Å². The molecule has 1 aromatic heterocycles. The molecule has 0 radical (unpaired) electrons. The molecule has 5 nitrogen and oxygen atoms in total. The Morgan fingerprint density at radius 1 is 1.50 bits per heavy atom. The van der Waals surface area contributed by atoms with E-state index in [0.717, 1.165) is 18.2 Å². The van der Waals surface area contributed by atoms with E-state index in [0.29, 0.717) is 12.8 Å². The summed E-state index contributed by atoms with van der Waals surface area (Å²) in [6, 6.07) is 0. The summed E-state index contributed by atoms with van der Waals surface area (Å²) in [5.74, 6) is 1.01. The molecule has 0 unspecified atom stereocenters. The van der Waals surface area contributed by atoms with Crippen LogP contribution in [0.25, 0.3) is 0 Å². The average molecular weight is 197 g/mol. The van der Waals surface area contributed by atoms with Crippen LogP contribution in [-0.2, 0) is 17.8 Å². The lowest BCUT2D eigenvalue weighted by Crippen LogP contribution is -2.05. The third-order valence-electron chi connectivity index (χ3n) is 2.12. The molecular weight excluding hydrogens is 182 g/mol. The summed E-state index contributed by atoms with van der Waals surface area (Å²) in [4.78, 5) is 10.3. The topological polar surface area (TPSA) is 68.0 Å². The average Bonchev–Trinajstić information content (AvgIpc) is 2.46. The summed E-state index contributed by atoms with van der Waals surface area (Å²) in [7, 11) is 0. The minimum atomic E-state index is -0.760. The van der Waals surface area contributed by atoms with Gasteiger partial charge in [-0.05, 0) is 20.3 Å². The fourth-order valence-electron chi connectivity index (χ4n) is 1.42. The summed E-state index contributed by atoms with van der Waals surface area (Å²) >= 11 is 0. The predicted molar refractivity (Wildman–Crippen MR) is 51.0 cm³/mol. The normalized spacial score (nSPS) is 10.4. The second-order valence-electron chi connectivity index (χ2n) is 3.15. The first-order valence-corrected chi connectivity index (χ1v) is 4.75. The molecule has 0 aliphatic rings. The molecule has 0 saturated carbocycles. The van der Waals surface area contributed by atoms with Gasteiger partial charge in [0.05, 0.1) is 0 Å². The second kappa shape index (κ2) is 4.74. The molecule has 0 aromatic carbocycles. The van der Waals surface area contributed by atoms with E-state index in [1.807, 2.05) is 18.4 Å². The Morgan fingerprint density at radius 2 is 2.21 bits per heavy atom. The number of aliphatic carboxylic acids is 1. The Balaban J connectivity index is 2.54. The third-order valence-corrected chi connectivity index (χ3v) is 2.12. The van der Waals surface area contributed by atoms with Gasteiger partial charge in [-0.2, -0.15) is 0 Å². The summed E-state index contributed by atoms with van der Waals surface area (Å²) in [6.45, 7) is 4.76. The third kappa shape index (κ3) is 2.55. The molecule has 0 aliphatic carbocycles. The van der Waals surface area contributed by atoms with Gasteiger partial charge in [-0.25, -0.2) is 0 Å². The lowest BCUT2D eigenvalue weighted by Gasteiger charge is -2.03. The molecule has 0 amide bonds. The molecule has 0 atom stereocenters. The van der Waals surface area contributed by atoms with Crippen LogP contribution < -0.4 is 0 Å². The smallest absolute Gasteiger partial charge is 0.303 e. The van der Waals surface area contributed by atoms with Crippen LogP contribution in [-0.4, -0.2) is 25.8 Å². The van der Waals surface area contributed by atoms with E-state index in [1.165, 1.54) is 0 Å². The molecule has 1 N–H and O–H groups in total. The maximum Gasteiger partial charge on any atom is 0.303 e. The van der Waals surface area contributed by atoms with Crippen molar-refractivity contribution in [2.24, 2.45) is 0 Å². The largest absolute Gasteiger partial charge is 0.481 e. The van der Waals surface area contributed by atoms with Crippen LogP contribution in [0.15, 0.2) is 0 Å². The van der Waals surface area contributed by atoms with Gasteiger partial charge < -0.3 is 9.67 Å². The zero-order valence-corrected chi connectivity index (χ0v) is 8.53. The molecule has 5 heteroatoms. The molecular formula is C9H15N3O2. The second-order valence-corrected chi connectivity index (χ2v) is 3.15. The highest BCUT2D eigenvalue weighted by Crippen LogP contribution is 2.05. The first-order chi connectivity index (χ1) is 6.65. The number of carbonyl (C=O) groups is 1. The molecule has 14 heavy (non-hydrogen) atoms. The molecule has 78 valence electrons. The lowest BCUT2D eigenvalue weighted by atomic mass is 10.2. The Hall–Kier alpha value is -1.39. The minimum absolute atomic E-state index is 0.190. The maximum absolute atomic E-state index is 10.3. The van der Waals surface area contributed by atoms with Gasteiger partial charge >= 0.3 is 5.97 Å². The van der Waals surface area contributed by atoms with E-state index in [4.69, 9.17) is 5.11 Å². The van der Waals surface area contributed by atoms with Crippen LogP contribution in [0.5, 0.6) is 0 Å². The van der Waals surface area contributed by atoms with Crippen LogP contribution in [0.2, 0.25) is 0 Å². The number of aromatic nitrogens is 3. The summed E-state index contributed by atoms with van der Waals surface area (Å²) in [5, 5.41) is 16.4. The van der Waals surface area contributed by atoms with Gasteiger partial charge in [0.15, 0.2) is 0 Å². The first-order valence-electron chi connectivity index (χ1n) is 4.75. The number of carboxylic acid groups (broad SMARTS) is 1. The Labute approximate surface area is 82.8 Å². The maximum atomic E-state index is 10.3. The molecule has 0 aliphatic heterocycles. The van der Waals surface area contributed by atoms with Gasteiger partial charge in [0.25, 0.3) is 0 Å². The molecule has 0 bridgehead atoms. The Bertz CT molecular complexity index is 320. The SMILES string of the molecule is CCn1c(C)nnc1CCCC(=O)O. The molecule has 1 aromatic rings. The number of aryl methyl sites for hydroxylation is 2. The van der Waals surface area contributed by atoms with Crippen molar-refractivity contribution in [1.82, 2.24) is 14.8 Å². The van der Waals surface area contributed by atoms with Crippen LogP contribution in [0.4, 0.5) is 0 Å². The predicted octanol–water partition coefficient (Wildman–Crippen LogP) is 1.01. The van der Waals surface area contributed by atoms with E-state index in [2.05, 4.69) is 10.2 Å². The Morgan fingerprint density at radius 3 is 2.79 bits per heavy atom. The van der Waals surface area contributed by atoms with Crippen molar-refractivity contribution in [1.29, 1.82) is 0 Å². The lowest BCUT2D eigenvalue weighted by molar-refractivity contribution is -0.137. The number of hydrogen-bond acceptors (Lipinski definition) is 3. The van der Waals surface area contributed by atoms with Gasteiger partial charge in [0.1, 0.15) is 11.6 Å². The highest BCUT2D eigenvalue weighted by molar-refractivity contribution is 5.66. The van der Waals surface area contributed by atoms with Gasteiger partial charge in [0.2, 0.25) is 0 Å². The zero-order chi connectivity index (χ0) is 10.6. The number of rotatable bonds is 5. The highest BCUT2D eigenvalue weighted by Gasteiger charge is 2.07. The fourth-order valence-corrected chi connectivity index (χ4v) is 1.42. The highest BCUT2D eigenvalue weighted by atomic mass is 16.4. The van der Waals surface area contributed by atoms with E-state index >= 15 is 0 Å². The number of nitrogens with zero attached hydrogens (tertiary/aromatic N) is 3. The van der Waals surface area contributed by atoms with E-state index in [1.54, 1.807) is 0 Å². The molecule has 1 rings (SSSR count). The Kier molecular flexibility index (Phi) is 3.62. The quantitative estimate of drug-likeness (QED) is 0.765. The van der Waals surface area contributed by atoms with E-state index in [-0.39, 0.29) is 6.42 Å². The fraction of sp³-hybridized carbons (Fsp3) is 0.667. The first kappa shape index (κ1) is 10.7. The summed E-state index contributed by atoms with van der Waals surface area (Å²) in [6.07, 6.45) is 1.49. The van der Waals surface area contributed by atoms with Gasteiger partial charge in [-0.1, -0.05) is 0 Å². The summed E-state index contributed by atoms with van der Waals surface area (Å²) < 4.78 is 2.00. The molecule has 0 saturated heterocycles. The van der Waals surface area contributed by atoms with E-state index < -0.39 is 5.97 Å². The van der Waals surface area contributed by atoms with Crippen LogP contribution in [0.3, 0.4) is 0 Å². The number of hydrogen-bond donors (Lipinski definition) is 1. The standard InChI is InChI=1S/C9H15N3O2/c1-3-12-7(2)10-11-8(12)5-4-6-9(13)14/h3-6H2,1-2H3,(H,13,14). The van der Waals surface area contributed by atoms with Crippen LogP contribution in [0, 0.1) is 6.92 Å².